The van der Waals surface area contributed by atoms with Gasteiger partial charge in [0.15, 0.2) is 5.78 Å². The Morgan fingerprint density at radius 3 is 1.88 bits per heavy atom. The minimum absolute atomic E-state index is 0.197. The van der Waals surface area contributed by atoms with Crippen molar-refractivity contribution >= 4 is 15.9 Å². The monoisotopic (exact) mass is 276 g/mol. The summed E-state index contributed by atoms with van der Waals surface area (Å²) < 4.78 is 66.0. The van der Waals surface area contributed by atoms with E-state index in [1.54, 1.807) is 0 Å². The first-order valence-electron chi connectivity index (χ1n) is 5.00. The number of rotatable bonds is 5. The van der Waals surface area contributed by atoms with E-state index in [1.165, 1.54) is 6.92 Å². The third-order valence-electron chi connectivity index (χ3n) is 2.42. The van der Waals surface area contributed by atoms with E-state index in [-0.39, 0.29) is 6.42 Å². The van der Waals surface area contributed by atoms with Crippen LogP contribution in [-0.4, -0.2) is 29.7 Å². The van der Waals surface area contributed by atoms with E-state index < -0.39 is 39.2 Å². The summed E-state index contributed by atoms with van der Waals surface area (Å²) >= 11 is 0. The van der Waals surface area contributed by atoms with Gasteiger partial charge in [0.2, 0.25) is 4.75 Å². The van der Waals surface area contributed by atoms with Crippen LogP contribution in [0.25, 0.3) is 0 Å². The number of hydrogen-bond acceptors (Lipinski definition) is 3. The van der Waals surface area contributed by atoms with E-state index in [0.29, 0.717) is 0 Å². The van der Waals surface area contributed by atoms with Crippen LogP contribution >= 0.6 is 0 Å². The maximum absolute atomic E-state index is 12.9. The highest BCUT2D eigenvalue weighted by atomic mass is 32.2. The molecular weight excluding hydrogens is 261 g/mol. The lowest BCUT2D eigenvalue weighted by Gasteiger charge is -2.32. The van der Waals surface area contributed by atoms with Crippen LogP contribution in [0.3, 0.4) is 0 Å². The molecule has 0 fully saturated rings. The molecule has 1 N–H and O–H groups in total. The molecule has 1 atom stereocenters. The van der Waals surface area contributed by atoms with Gasteiger partial charge >= 0.3 is 6.18 Å². The second-order valence-electron chi connectivity index (χ2n) is 4.07. The molecule has 8 heteroatoms. The van der Waals surface area contributed by atoms with Gasteiger partial charge in [0.05, 0.1) is 0 Å². The van der Waals surface area contributed by atoms with Crippen LogP contribution in [0.1, 0.15) is 33.6 Å². The molecule has 0 amide bonds. The third kappa shape index (κ3) is 2.79. The standard InChI is InChI=1S/C9H15F3O4S/c1-4-5-8(9(10,11)12,17(14,15)16)7(13)6(2)3/h6H,4-5H2,1-3H3,(H,14,15,16). The molecule has 0 heterocycles. The number of halogens is 3. The molecule has 0 rings (SSSR count). The molecule has 0 saturated heterocycles. The van der Waals surface area contributed by atoms with Crippen LogP contribution < -0.4 is 0 Å². The molecule has 0 aromatic carbocycles. The predicted octanol–water partition coefficient (Wildman–Crippen LogP) is 2.20. The van der Waals surface area contributed by atoms with E-state index in [1.807, 2.05) is 0 Å². The summed E-state index contributed by atoms with van der Waals surface area (Å²) in [5.74, 6) is -2.68. The molecule has 0 spiro atoms. The van der Waals surface area contributed by atoms with Crippen LogP contribution in [0.2, 0.25) is 0 Å². The van der Waals surface area contributed by atoms with Crippen LogP contribution in [-0.2, 0) is 14.9 Å². The summed E-state index contributed by atoms with van der Waals surface area (Å²) in [6.07, 6.45) is -6.51. The largest absolute Gasteiger partial charge is 0.417 e. The van der Waals surface area contributed by atoms with Crippen molar-refractivity contribution in [2.45, 2.75) is 44.5 Å². The van der Waals surface area contributed by atoms with Crippen LogP contribution in [0.4, 0.5) is 13.2 Å². The predicted molar refractivity (Wildman–Crippen MR) is 55.1 cm³/mol. The molecule has 0 aliphatic carbocycles. The Labute approximate surface area is 97.9 Å². The lowest BCUT2D eigenvalue weighted by Crippen LogP contribution is -2.59. The topological polar surface area (TPSA) is 71.4 Å². The smallest absolute Gasteiger partial charge is 0.297 e. The van der Waals surface area contributed by atoms with Gasteiger partial charge in [-0.15, -0.1) is 0 Å². The van der Waals surface area contributed by atoms with Crippen molar-refractivity contribution in [2.75, 3.05) is 0 Å². The molecular formula is C9H15F3O4S. The first-order valence-corrected chi connectivity index (χ1v) is 6.44. The second kappa shape index (κ2) is 4.93. The summed E-state index contributed by atoms with van der Waals surface area (Å²) in [6, 6.07) is 0. The van der Waals surface area contributed by atoms with Crippen LogP contribution in [0.5, 0.6) is 0 Å². The van der Waals surface area contributed by atoms with Gasteiger partial charge in [0.25, 0.3) is 10.1 Å². The lowest BCUT2D eigenvalue weighted by molar-refractivity contribution is -0.176. The maximum Gasteiger partial charge on any atom is 0.417 e. The average Bonchev–Trinajstić information content (AvgIpc) is 2.08. The Bertz CT molecular complexity index is 386. The van der Waals surface area contributed by atoms with E-state index in [9.17, 15) is 26.4 Å². The van der Waals surface area contributed by atoms with Crippen molar-refractivity contribution < 1.29 is 30.9 Å². The minimum atomic E-state index is -5.57. The minimum Gasteiger partial charge on any atom is -0.297 e. The maximum atomic E-state index is 12.9. The molecule has 0 saturated carbocycles. The Balaban J connectivity index is 6.05. The zero-order valence-corrected chi connectivity index (χ0v) is 10.5. The Hall–Kier alpha value is -0.630. The number of hydrogen-bond donors (Lipinski definition) is 1. The molecule has 0 bridgehead atoms. The van der Waals surface area contributed by atoms with Gasteiger partial charge < -0.3 is 0 Å². The van der Waals surface area contributed by atoms with Crippen LogP contribution in [0.15, 0.2) is 0 Å². The molecule has 102 valence electrons. The van der Waals surface area contributed by atoms with E-state index in [0.717, 1.165) is 13.8 Å². The van der Waals surface area contributed by atoms with Crippen molar-refractivity contribution in [1.82, 2.24) is 0 Å². The highest BCUT2D eigenvalue weighted by Crippen LogP contribution is 2.42. The van der Waals surface area contributed by atoms with Gasteiger partial charge in [-0.3, -0.25) is 9.35 Å². The first kappa shape index (κ1) is 16.4. The van der Waals surface area contributed by atoms with Gasteiger partial charge in [-0.05, 0) is 6.42 Å². The number of alkyl halides is 3. The summed E-state index contributed by atoms with van der Waals surface area (Å²) in [7, 11) is -5.57. The fraction of sp³-hybridized carbons (Fsp3) is 0.889. The fourth-order valence-corrected chi connectivity index (χ4v) is 2.87. The number of ketones is 1. The van der Waals surface area contributed by atoms with Gasteiger partial charge in [-0.1, -0.05) is 27.2 Å². The molecule has 1 unspecified atom stereocenters. The molecule has 0 aliphatic heterocycles. The van der Waals surface area contributed by atoms with Crippen molar-refractivity contribution in [3.8, 4) is 0 Å². The Morgan fingerprint density at radius 1 is 1.29 bits per heavy atom. The van der Waals surface area contributed by atoms with Gasteiger partial charge in [0.1, 0.15) is 0 Å². The number of Topliss-reactive ketones (excluding diaryl/α,β-unsaturated/α-hetero) is 1. The molecule has 0 aromatic rings. The zero-order chi connectivity index (χ0) is 14.1. The van der Waals surface area contributed by atoms with E-state index in [2.05, 4.69) is 0 Å². The molecule has 0 aromatic heterocycles. The summed E-state index contributed by atoms with van der Waals surface area (Å²) in [4.78, 5) is 11.6. The highest BCUT2D eigenvalue weighted by Gasteiger charge is 2.68. The third-order valence-corrected chi connectivity index (χ3v) is 3.94. The quantitative estimate of drug-likeness (QED) is 0.781. The lowest BCUT2D eigenvalue weighted by atomic mass is 9.90. The van der Waals surface area contributed by atoms with Gasteiger partial charge in [0, 0.05) is 5.92 Å². The van der Waals surface area contributed by atoms with E-state index in [4.69, 9.17) is 4.55 Å². The number of carbonyl (C=O) groups excluding carboxylic acids is 1. The fourth-order valence-electron chi connectivity index (χ4n) is 1.63. The van der Waals surface area contributed by atoms with Crippen LogP contribution in [0, 0.1) is 5.92 Å². The summed E-state index contributed by atoms with van der Waals surface area (Å²) in [6.45, 7) is 3.62. The normalized spacial score (nSPS) is 16.9. The van der Waals surface area contributed by atoms with E-state index >= 15 is 0 Å². The summed E-state index contributed by atoms with van der Waals surface area (Å²) in [5, 5.41) is 0. The van der Waals surface area contributed by atoms with Gasteiger partial charge in [-0.25, -0.2) is 0 Å². The van der Waals surface area contributed by atoms with Crippen molar-refractivity contribution in [2.24, 2.45) is 5.92 Å². The molecule has 17 heavy (non-hydrogen) atoms. The molecule has 0 aliphatic rings. The molecule has 0 radical (unpaired) electrons. The van der Waals surface area contributed by atoms with Gasteiger partial charge in [-0.2, -0.15) is 21.6 Å². The zero-order valence-electron chi connectivity index (χ0n) is 9.71. The Kier molecular flexibility index (Phi) is 4.75. The molecule has 4 nitrogen and oxygen atoms in total. The Morgan fingerprint density at radius 2 is 1.71 bits per heavy atom. The average molecular weight is 276 g/mol. The summed E-state index contributed by atoms with van der Waals surface area (Å²) in [5.41, 5.74) is 0. The first-order chi connectivity index (χ1) is 7.41. The van der Waals surface area contributed by atoms with Crippen molar-refractivity contribution in [3.63, 3.8) is 0 Å². The SMILES string of the molecule is CCCC(C(=O)C(C)C)(C(F)(F)F)S(=O)(=O)O. The number of carbonyl (C=O) groups is 1. The van der Waals surface area contributed by atoms with Crippen molar-refractivity contribution in [3.05, 3.63) is 0 Å². The van der Waals surface area contributed by atoms with Crippen molar-refractivity contribution in [1.29, 1.82) is 0 Å². The highest BCUT2D eigenvalue weighted by molar-refractivity contribution is 7.88. The second-order valence-corrected chi connectivity index (χ2v) is 5.72.